The Morgan fingerprint density at radius 2 is 2.08 bits per heavy atom. The van der Waals surface area contributed by atoms with Gasteiger partial charge in [-0.25, -0.2) is 0 Å². The maximum Gasteiger partial charge on any atom is 0.0703 e. The number of aliphatic hydroxyl groups is 1. The van der Waals surface area contributed by atoms with Gasteiger partial charge in [-0.1, -0.05) is 34.1 Å². The smallest absolute Gasteiger partial charge is 0.0703 e. The molecule has 1 aromatic carbocycles. The molecule has 0 saturated heterocycles. The molecule has 0 aromatic heterocycles. The molecular weight excluding hydrogens is 218 g/mol. The molecular formula is C9H12BrNO. The predicted octanol–water partition coefficient (Wildman–Crippen LogP) is 1.31. The lowest BCUT2D eigenvalue weighted by Crippen LogP contribution is -2.22. The number of benzene rings is 1. The van der Waals surface area contributed by atoms with Gasteiger partial charge >= 0.3 is 0 Å². The van der Waals surface area contributed by atoms with Crippen molar-refractivity contribution in [3.05, 3.63) is 34.3 Å². The molecule has 0 amide bonds. The molecule has 0 radical (unpaired) electrons. The lowest BCUT2D eigenvalue weighted by atomic mass is 10.1. The van der Waals surface area contributed by atoms with Crippen LogP contribution in [0.1, 0.15) is 5.56 Å². The number of aliphatic hydroxyl groups excluding tert-OH is 1. The summed E-state index contributed by atoms with van der Waals surface area (Å²) in [5, 5.41) is 9.29. The zero-order valence-corrected chi connectivity index (χ0v) is 8.29. The van der Waals surface area contributed by atoms with Gasteiger partial charge in [-0.05, 0) is 11.6 Å². The number of nitrogens with two attached hydrogens (primary N) is 1. The summed E-state index contributed by atoms with van der Waals surface area (Å²) in [6, 6.07) is 7.83. The van der Waals surface area contributed by atoms with E-state index in [9.17, 15) is 5.11 Å². The first-order valence-electron chi connectivity index (χ1n) is 3.85. The van der Waals surface area contributed by atoms with Crippen molar-refractivity contribution >= 4 is 15.9 Å². The monoisotopic (exact) mass is 229 g/mol. The molecule has 0 aliphatic carbocycles. The van der Waals surface area contributed by atoms with Gasteiger partial charge in [0.2, 0.25) is 0 Å². The summed E-state index contributed by atoms with van der Waals surface area (Å²) >= 11 is 3.40. The molecule has 0 spiro atoms. The Kier molecular flexibility index (Phi) is 3.72. The number of hydrogen-bond acceptors (Lipinski definition) is 2. The van der Waals surface area contributed by atoms with Gasteiger partial charge in [0.25, 0.3) is 0 Å². The first-order chi connectivity index (χ1) is 5.74. The van der Waals surface area contributed by atoms with Crippen LogP contribution in [0.5, 0.6) is 0 Å². The van der Waals surface area contributed by atoms with Gasteiger partial charge in [-0.15, -0.1) is 0 Å². The average molecular weight is 230 g/mol. The van der Waals surface area contributed by atoms with Crippen molar-refractivity contribution in [2.75, 3.05) is 6.54 Å². The van der Waals surface area contributed by atoms with Crippen molar-refractivity contribution in [1.29, 1.82) is 0 Å². The summed E-state index contributed by atoms with van der Waals surface area (Å²) in [5.41, 5.74) is 6.40. The fourth-order valence-corrected chi connectivity index (χ4v) is 1.45. The Morgan fingerprint density at radius 3 is 2.67 bits per heavy atom. The Balaban J connectivity index is 2.69. The maximum absolute atomic E-state index is 9.29. The van der Waals surface area contributed by atoms with E-state index in [1.54, 1.807) is 0 Å². The normalized spacial score (nSPS) is 12.9. The van der Waals surface area contributed by atoms with Crippen LogP contribution in [0.4, 0.5) is 0 Å². The molecule has 0 fully saturated rings. The average Bonchev–Trinajstić information content (AvgIpc) is 2.09. The molecule has 3 N–H and O–H groups in total. The third-order valence-corrected chi connectivity index (χ3v) is 2.46. The second-order valence-corrected chi connectivity index (χ2v) is 3.54. The van der Waals surface area contributed by atoms with Crippen molar-refractivity contribution in [1.82, 2.24) is 0 Å². The second-order valence-electron chi connectivity index (χ2n) is 2.69. The second kappa shape index (κ2) is 4.60. The quantitative estimate of drug-likeness (QED) is 0.822. The molecule has 0 saturated carbocycles. The van der Waals surface area contributed by atoms with Crippen molar-refractivity contribution in [2.45, 2.75) is 12.5 Å². The topological polar surface area (TPSA) is 46.2 Å². The fraction of sp³-hybridized carbons (Fsp3) is 0.333. The first kappa shape index (κ1) is 9.71. The molecule has 1 unspecified atom stereocenters. The van der Waals surface area contributed by atoms with Crippen LogP contribution < -0.4 is 5.73 Å². The van der Waals surface area contributed by atoms with Gasteiger partial charge in [0, 0.05) is 17.4 Å². The van der Waals surface area contributed by atoms with E-state index in [0.29, 0.717) is 13.0 Å². The minimum Gasteiger partial charge on any atom is -0.391 e. The van der Waals surface area contributed by atoms with Crippen LogP contribution in [0.25, 0.3) is 0 Å². The first-order valence-corrected chi connectivity index (χ1v) is 4.65. The Labute approximate surface area is 80.5 Å². The third kappa shape index (κ3) is 2.59. The van der Waals surface area contributed by atoms with Crippen LogP contribution in [-0.4, -0.2) is 17.8 Å². The Bertz CT molecular complexity index is 252. The van der Waals surface area contributed by atoms with Gasteiger partial charge in [0.15, 0.2) is 0 Å². The van der Waals surface area contributed by atoms with Crippen LogP contribution in [0, 0.1) is 0 Å². The van der Waals surface area contributed by atoms with Gasteiger partial charge in [-0.2, -0.15) is 0 Å². The van der Waals surface area contributed by atoms with Crippen molar-refractivity contribution in [2.24, 2.45) is 5.73 Å². The Morgan fingerprint density at radius 1 is 1.42 bits per heavy atom. The molecule has 2 nitrogen and oxygen atoms in total. The van der Waals surface area contributed by atoms with Crippen LogP contribution in [0.15, 0.2) is 28.7 Å². The molecule has 66 valence electrons. The van der Waals surface area contributed by atoms with Crippen molar-refractivity contribution < 1.29 is 5.11 Å². The molecule has 0 aliphatic heterocycles. The highest BCUT2D eigenvalue weighted by Crippen LogP contribution is 2.16. The third-order valence-electron chi connectivity index (χ3n) is 1.69. The van der Waals surface area contributed by atoms with Crippen LogP contribution in [0.2, 0.25) is 0 Å². The zero-order valence-electron chi connectivity index (χ0n) is 6.70. The number of halogens is 1. The lowest BCUT2D eigenvalue weighted by molar-refractivity contribution is 0.183. The molecule has 0 aliphatic rings. The summed E-state index contributed by atoms with van der Waals surface area (Å²) in [6.45, 7) is 0.307. The minimum absolute atomic E-state index is 0.307. The maximum atomic E-state index is 9.29. The SMILES string of the molecule is NCC(O)Cc1ccccc1Br. The molecule has 0 heterocycles. The molecule has 3 heteroatoms. The summed E-state index contributed by atoms with van der Waals surface area (Å²) in [4.78, 5) is 0. The molecule has 0 bridgehead atoms. The highest BCUT2D eigenvalue weighted by atomic mass is 79.9. The van der Waals surface area contributed by atoms with Gasteiger partial charge in [-0.3, -0.25) is 0 Å². The summed E-state index contributed by atoms with van der Waals surface area (Å²) in [5.74, 6) is 0. The summed E-state index contributed by atoms with van der Waals surface area (Å²) in [7, 11) is 0. The molecule has 1 atom stereocenters. The molecule has 12 heavy (non-hydrogen) atoms. The largest absolute Gasteiger partial charge is 0.391 e. The van der Waals surface area contributed by atoms with Crippen LogP contribution in [0.3, 0.4) is 0 Å². The van der Waals surface area contributed by atoms with Crippen molar-refractivity contribution in [3.63, 3.8) is 0 Å². The van der Waals surface area contributed by atoms with E-state index in [4.69, 9.17) is 5.73 Å². The van der Waals surface area contributed by atoms with E-state index >= 15 is 0 Å². The van der Waals surface area contributed by atoms with E-state index in [0.717, 1.165) is 10.0 Å². The van der Waals surface area contributed by atoms with E-state index in [2.05, 4.69) is 15.9 Å². The van der Waals surface area contributed by atoms with Gasteiger partial charge < -0.3 is 10.8 Å². The highest BCUT2D eigenvalue weighted by Gasteiger charge is 2.04. The summed E-state index contributed by atoms with van der Waals surface area (Å²) < 4.78 is 1.03. The van der Waals surface area contributed by atoms with Gasteiger partial charge in [0.05, 0.1) is 6.10 Å². The predicted molar refractivity (Wildman–Crippen MR) is 52.9 cm³/mol. The van der Waals surface area contributed by atoms with E-state index in [1.807, 2.05) is 24.3 Å². The summed E-state index contributed by atoms with van der Waals surface area (Å²) in [6.07, 6.45) is 0.168. The van der Waals surface area contributed by atoms with Crippen LogP contribution in [-0.2, 0) is 6.42 Å². The van der Waals surface area contributed by atoms with E-state index < -0.39 is 6.10 Å². The van der Waals surface area contributed by atoms with Crippen LogP contribution >= 0.6 is 15.9 Å². The van der Waals surface area contributed by atoms with Gasteiger partial charge in [0.1, 0.15) is 0 Å². The highest BCUT2D eigenvalue weighted by molar-refractivity contribution is 9.10. The standard InChI is InChI=1S/C9H12BrNO/c10-9-4-2-1-3-7(9)5-8(12)6-11/h1-4,8,12H,5-6,11H2. The number of hydrogen-bond donors (Lipinski definition) is 2. The Hall–Kier alpha value is -0.380. The fourth-order valence-electron chi connectivity index (χ4n) is 1.00. The van der Waals surface area contributed by atoms with E-state index in [1.165, 1.54) is 0 Å². The zero-order chi connectivity index (χ0) is 8.97. The molecule has 1 rings (SSSR count). The number of rotatable bonds is 3. The molecule has 1 aromatic rings. The van der Waals surface area contributed by atoms with E-state index in [-0.39, 0.29) is 0 Å². The van der Waals surface area contributed by atoms with Crippen molar-refractivity contribution in [3.8, 4) is 0 Å². The lowest BCUT2D eigenvalue weighted by Gasteiger charge is -2.08. The minimum atomic E-state index is -0.441.